The minimum absolute atomic E-state index is 0.0438. The van der Waals surface area contributed by atoms with E-state index in [1.54, 1.807) is 0 Å². The molecule has 1 saturated heterocycles. The van der Waals surface area contributed by atoms with E-state index in [-0.39, 0.29) is 30.3 Å². The van der Waals surface area contributed by atoms with Gasteiger partial charge in [0.1, 0.15) is 11.6 Å². The molecule has 8 heteroatoms. The topological polar surface area (TPSA) is 43.8 Å². The average Bonchev–Trinajstić information content (AvgIpc) is 2.78. The lowest BCUT2D eigenvalue weighted by Gasteiger charge is -2.49. The van der Waals surface area contributed by atoms with Crippen molar-refractivity contribution in [1.29, 1.82) is 0 Å². The summed E-state index contributed by atoms with van der Waals surface area (Å²) < 4.78 is 28.3. The van der Waals surface area contributed by atoms with E-state index < -0.39 is 17.7 Å². The van der Waals surface area contributed by atoms with Crippen LogP contribution in [-0.4, -0.2) is 47.7 Å². The fraction of sp³-hybridized carbons (Fsp3) is 0.321. The smallest absolute Gasteiger partial charge is 0.407 e. The van der Waals surface area contributed by atoms with E-state index in [1.807, 2.05) is 55.5 Å². The molecule has 1 amide bonds. The molecule has 2 atom stereocenters. The molecule has 3 aromatic rings. The third kappa shape index (κ3) is 6.00. The first-order valence-corrected chi connectivity index (χ1v) is 12.5. The summed E-state index contributed by atoms with van der Waals surface area (Å²) in [6.07, 6.45) is -1.04. The van der Waals surface area contributed by atoms with Gasteiger partial charge in [0.05, 0.1) is 6.04 Å². The summed E-state index contributed by atoms with van der Waals surface area (Å²) in [5.74, 6) is -1.55. The summed E-state index contributed by atoms with van der Waals surface area (Å²) >= 11 is 12.3. The van der Waals surface area contributed by atoms with Crippen molar-refractivity contribution in [2.75, 3.05) is 26.7 Å². The molecule has 3 aromatic carbocycles. The van der Waals surface area contributed by atoms with Crippen molar-refractivity contribution in [3.05, 3.63) is 105 Å². The summed E-state index contributed by atoms with van der Waals surface area (Å²) in [7, 11) is 1.51. The van der Waals surface area contributed by atoms with Crippen molar-refractivity contribution in [1.82, 2.24) is 9.80 Å². The van der Waals surface area contributed by atoms with Crippen LogP contribution in [0, 0.1) is 23.5 Å². The lowest BCUT2D eigenvalue weighted by molar-refractivity contribution is 0.0354. The molecule has 0 saturated carbocycles. The molecule has 1 aliphatic heterocycles. The van der Waals surface area contributed by atoms with Gasteiger partial charge in [-0.15, -0.1) is 0 Å². The maximum absolute atomic E-state index is 14.2. The number of hydrogen-bond donors (Lipinski definition) is 1. The molecular formula is C28H28Cl2F2N2O2. The zero-order valence-electron chi connectivity index (χ0n) is 20.0. The molecule has 0 bridgehead atoms. The van der Waals surface area contributed by atoms with Gasteiger partial charge in [0.2, 0.25) is 0 Å². The number of hydrogen-bond acceptors (Lipinski definition) is 2. The van der Waals surface area contributed by atoms with Crippen LogP contribution in [0.4, 0.5) is 13.6 Å². The number of benzene rings is 3. The Labute approximate surface area is 220 Å². The molecule has 0 radical (unpaired) electrons. The van der Waals surface area contributed by atoms with Gasteiger partial charge >= 0.3 is 6.09 Å². The monoisotopic (exact) mass is 532 g/mol. The lowest BCUT2D eigenvalue weighted by atomic mass is 9.73. The highest BCUT2D eigenvalue weighted by molar-refractivity contribution is 6.30. The zero-order valence-corrected chi connectivity index (χ0v) is 21.6. The Morgan fingerprint density at radius 2 is 1.42 bits per heavy atom. The number of nitrogens with zero attached hydrogens (tertiary/aromatic N) is 2. The van der Waals surface area contributed by atoms with Gasteiger partial charge in [-0.05, 0) is 70.8 Å². The summed E-state index contributed by atoms with van der Waals surface area (Å²) in [4.78, 5) is 15.0. The lowest BCUT2D eigenvalue weighted by Crippen LogP contribution is -2.52. The Balaban J connectivity index is 1.62. The second-order valence-electron chi connectivity index (χ2n) is 9.59. The van der Waals surface area contributed by atoms with Gasteiger partial charge < -0.3 is 10.0 Å². The van der Waals surface area contributed by atoms with Crippen LogP contribution in [0.3, 0.4) is 0 Å². The van der Waals surface area contributed by atoms with E-state index in [4.69, 9.17) is 23.2 Å². The molecule has 36 heavy (non-hydrogen) atoms. The highest BCUT2D eigenvalue weighted by atomic mass is 35.5. The molecule has 1 N–H and O–H groups in total. The zero-order chi connectivity index (χ0) is 26.0. The van der Waals surface area contributed by atoms with Crippen LogP contribution in [0.2, 0.25) is 10.0 Å². The summed E-state index contributed by atoms with van der Waals surface area (Å²) in [6.45, 7) is 3.55. The highest BCUT2D eigenvalue weighted by Crippen LogP contribution is 2.43. The summed E-state index contributed by atoms with van der Waals surface area (Å²) in [6, 6.07) is 19.0. The van der Waals surface area contributed by atoms with Crippen LogP contribution >= 0.6 is 23.2 Å². The van der Waals surface area contributed by atoms with Gasteiger partial charge in [0.25, 0.3) is 0 Å². The predicted octanol–water partition coefficient (Wildman–Crippen LogP) is 7.32. The van der Waals surface area contributed by atoms with E-state index >= 15 is 0 Å². The molecule has 0 aliphatic carbocycles. The van der Waals surface area contributed by atoms with Gasteiger partial charge in [-0.25, -0.2) is 13.6 Å². The van der Waals surface area contributed by atoms with Gasteiger partial charge in [-0.3, -0.25) is 4.90 Å². The maximum Gasteiger partial charge on any atom is 0.407 e. The minimum atomic E-state index is -1.04. The summed E-state index contributed by atoms with van der Waals surface area (Å²) in [5.41, 5.74) is 2.71. The standard InChI is InChI=1S/C28H28Cl2F2N2O2/c1-17(14-33(2)28(35)36)26(20-11-24(31)13-25(32)12-20)21-15-34(16-21)27(18-3-7-22(29)8-4-18)19-5-9-23(30)10-6-19/h3-13,17,21,26-27H,14-16H2,1-2H3,(H,35,36). The Bertz CT molecular complexity index is 1140. The quantitative estimate of drug-likeness (QED) is 0.330. The van der Waals surface area contributed by atoms with E-state index in [0.717, 1.165) is 17.2 Å². The number of amides is 1. The first-order chi connectivity index (χ1) is 17.1. The minimum Gasteiger partial charge on any atom is -0.465 e. The molecule has 1 heterocycles. The van der Waals surface area contributed by atoms with Gasteiger partial charge in [-0.1, -0.05) is 54.4 Å². The number of carboxylic acid groups (broad SMARTS) is 1. The molecule has 190 valence electrons. The van der Waals surface area contributed by atoms with Crippen molar-refractivity contribution < 1.29 is 18.7 Å². The third-order valence-electron chi connectivity index (χ3n) is 6.95. The molecule has 1 fully saturated rings. The van der Waals surface area contributed by atoms with Crippen molar-refractivity contribution in [2.45, 2.75) is 18.9 Å². The molecule has 0 spiro atoms. The van der Waals surface area contributed by atoms with E-state index in [2.05, 4.69) is 4.90 Å². The Morgan fingerprint density at radius 3 is 1.86 bits per heavy atom. The van der Waals surface area contributed by atoms with Crippen LogP contribution in [0.5, 0.6) is 0 Å². The number of rotatable bonds is 8. The van der Waals surface area contributed by atoms with Gasteiger partial charge in [0.15, 0.2) is 0 Å². The number of halogens is 4. The second-order valence-corrected chi connectivity index (χ2v) is 10.5. The van der Waals surface area contributed by atoms with E-state index in [1.165, 1.54) is 24.1 Å². The Kier molecular flexibility index (Phi) is 8.18. The maximum atomic E-state index is 14.2. The van der Waals surface area contributed by atoms with Crippen LogP contribution in [0.25, 0.3) is 0 Å². The second kappa shape index (κ2) is 11.2. The van der Waals surface area contributed by atoms with Crippen molar-refractivity contribution >= 4 is 29.3 Å². The Morgan fingerprint density at radius 1 is 0.944 bits per heavy atom. The first kappa shape index (κ1) is 26.4. The molecule has 2 unspecified atom stereocenters. The van der Waals surface area contributed by atoms with Crippen LogP contribution in [0.1, 0.15) is 35.6 Å². The summed E-state index contributed by atoms with van der Waals surface area (Å²) in [5, 5.41) is 10.7. The van der Waals surface area contributed by atoms with Crippen LogP contribution < -0.4 is 0 Å². The fourth-order valence-corrected chi connectivity index (χ4v) is 5.60. The van der Waals surface area contributed by atoms with Gasteiger partial charge in [0, 0.05) is 42.8 Å². The molecule has 0 aromatic heterocycles. The van der Waals surface area contributed by atoms with Crippen molar-refractivity contribution in [2.24, 2.45) is 11.8 Å². The number of carbonyl (C=O) groups is 1. The van der Waals surface area contributed by atoms with Crippen LogP contribution in [0.15, 0.2) is 66.7 Å². The first-order valence-electron chi connectivity index (χ1n) is 11.8. The van der Waals surface area contributed by atoms with Crippen molar-refractivity contribution in [3.63, 3.8) is 0 Å². The third-order valence-corrected chi connectivity index (χ3v) is 7.46. The molecular weight excluding hydrogens is 505 g/mol. The molecule has 1 aliphatic rings. The normalized spacial score (nSPS) is 16.0. The van der Waals surface area contributed by atoms with E-state index in [9.17, 15) is 18.7 Å². The average molecular weight is 533 g/mol. The largest absolute Gasteiger partial charge is 0.465 e. The predicted molar refractivity (Wildman–Crippen MR) is 139 cm³/mol. The number of likely N-dealkylation sites (tertiary alicyclic amines) is 1. The van der Waals surface area contributed by atoms with Crippen molar-refractivity contribution in [3.8, 4) is 0 Å². The molecule has 4 rings (SSSR count). The van der Waals surface area contributed by atoms with Gasteiger partial charge in [-0.2, -0.15) is 0 Å². The van der Waals surface area contributed by atoms with E-state index in [0.29, 0.717) is 28.7 Å². The SMILES string of the molecule is CC(CN(C)C(=O)O)C(c1cc(F)cc(F)c1)C1CN(C(c2ccc(Cl)cc2)c2ccc(Cl)cc2)C1. The Hall–Kier alpha value is -2.67. The van der Waals surface area contributed by atoms with Crippen LogP contribution in [-0.2, 0) is 0 Å². The highest BCUT2D eigenvalue weighted by Gasteiger charge is 2.41. The fourth-order valence-electron chi connectivity index (χ4n) is 5.35. The molecule has 4 nitrogen and oxygen atoms in total.